The van der Waals surface area contributed by atoms with E-state index in [1.807, 2.05) is 12.4 Å². The van der Waals surface area contributed by atoms with Crippen LogP contribution in [-0.2, 0) is 6.54 Å². The van der Waals surface area contributed by atoms with Gasteiger partial charge in [0.15, 0.2) is 0 Å². The molecule has 1 unspecified atom stereocenters. The first-order valence-corrected chi connectivity index (χ1v) is 8.98. The lowest BCUT2D eigenvalue weighted by Crippen LogP contribution is -2.39. The minimum Gasteiger partial charge on any atom is -0.357 e. The zero-order valence-corrected chi connectivity index (χ0v) is 15.4. The summed E-state index contributed by atoms with van der Waals surface area (Å²) in [7, 11) is 0. The molecule has 0 bridgehead atoms. The fraction of sp³-hybridized carbons (Fsp3) is 0.476. The van der Waals surface area contributed by atoms with Crippen LogP contribution in [0.15, 0.2) is 48.8 Å². The molecule has 0 N–H and O–H groups in total. The lowest BCUT2D eigenvalue weighted by molar-refractivity contribution is 0.175. The summed E-state index contributed by atoms with van der Waals surface area (Å²) in [6, 6.07) is 13.4. The Kier molecular flexibility index (Phi) is 4.91. The molecule has 0 aliphatic carbocycles. The highest BCUT2D eigenvalue weighted by Gasteiger charge is 2.36. The van der Waals surface area contributed by atoms with E-state index in [0.29, 0.717) is 5.92 Å². The van der Waals surface area contributed by atoms with Gasteiger partial charge in [0, 0.05) is 36.7 Å². The van der Waals surface area contributed by atoms with E-state index in [2.05, 4.69) is 78.9 Å². The van der Waals surface area contributed by atoms with Gasteiger partial charge in [0.1, 0.15) is 0 Å². The highest BCUT2D eigenvalue weighted by molar-refractivity contribution is 5.49. The average molecular weight is 323 g/mol. The van der Waals surface area contributed by atoms with Gasteiger partial charge >= 0.3 is 0 Å². The van der Waals surface area contributed by atoms with Crippen LogP contribution in [0.3, 0.4) is 0 Å². The fourth-order valence-corrected chi connectivity index (χ4v) is 3.41. The van der Waals surface area contributed by atoms with E-state index in [1.165, 1.54) is 23.2 Å². The van der Waals surface area contributed by atoms with Crippen LogP contribution < -0.4 is 4.90 Å². The molecule has 1 atom stereocenters. The van der Waals surface area contributed by atoms with Crippen molar-refractivity contribution in [1.29, 1.82) is 0 Å². The summed E-state index contributed by atoms with van der Waals surface area (Å²) in [4.78, 5) is 9.15. The van der Waals surface area contributed by atoms with Crippen LogP contribution in [0.4, 0.5) is 5.69 Å². The van der Waals surface area contributed by atoms with Crippen LogP contribution in [0.5, 0.6) is 0 Å². The Morgan fingerprint density at radius 3 is 2.38 bits per heavy atom. The second-order valence-corrected chi connectivity index (χ2v) is 7.61. The number of benzene rings is 1. The van der Waals surface area contributed by atoms with Gasteiger partial charge in [0.05, 0.1) is 6.67 Å². The van der Waals surface area contributed by atoms with Crippen molar-refractivity contribution in [2.24, 2.45) is 0 Å². The maximum Gasteiger partial charge on any atom is 0.0715 e. The summed E-state index contributed by atoms with van der Waals surface area (Å²) < 4.78 is 0. The quantitative estimate of drug-likeness (QED) is 0.798. The molecule has 3 nitrogen and oxygen atoms in total. The van der Waals surface area contributed by atoms with E-state index in [-0.39, 0.29) is 5.54 Å². The molecule has 2 aromatic rings. The van der Waals surface area contributed by atoms with Gasteiger partial charge in [-0.15, -0.1) is 0 Å². The maximum absolute atomic E-state index is 4.12. The van der Waals surface area contributed by atoms with Crippen molar-refractivity contribution in [1.82, 2.24) is 9.88 Å². The molecule has 1 fully saturated rings. The molecule has 1 aliphatic rings. The van der Waals surface area contributed by atoms with Gasteiger partial charge in [-0.1, -0.05) is 26.0 Å². The number of hydrogen-bond donors (Lipinski definition) is 0. The number of rotatable bonds is 5. The summed E-state index contributed by atoms with van der Waals surface area (Å²) >= 11 is 0. The SMILES string of the molecule is CCC(C)c1ccc(N2CN(Cc3ccncc3)C(C)(C)C2)cc1. The summed E-state index contributed by atoms with van der Waals surface area (Å²) in [5, 5.41) is 0. The van der Waals surface area contributed by atoms with Gasteiger partial charge in [-0.3, -0.25) is 9.88 Å². The molecule has 0 amide bonds. The predicted octanol–water partition coefficient (Wildman–Crippen LogP) is 4.65. The number of anilines is 1. The monoisotopic (exact) mass is 323 g/mol. The van der Waals surface area contributed by atoms with E-state index in [4.69, 9.17) is 0 Å². The third-order valence-corrected chi connectivity index (χ3v) is 5.34. The van der Waals surface area contributed by atoms with Crippen LogP contribution in [0.25, 0.3) is 0 Å². The lowest BCUT2D eigenvalue weighted by Gasteiger charge is -2.29. The van der Waals surface area contributed by atoms with Gasteiger partial charge < -0.3 is 4.90 Å². The van der Waals surface area contributed by atoms with Gasteiger partial charge in [-0.05, 0) is 61.6 Å². The van der Waals surface area contributed by atoms with Gasteiger partial charge in [-0.2, -0.15) is 0 Å². The van der Waals surface area contributed by atoms with E-state index in [9.17, 15) is 0 Å². The molecular weight excluding hydrogens is 294 g/mol. The largest absolute Gasteiger partial charge is 0.357 e. The topological polar surface area (TPSA) is 19.4 Å². The Morgan fingerprint density at radius 2 is 1.75 bits per heavy atom. The number of nitrogens with zero attached hydrogens (tertiary/aromatic N) is 3. The summed E-state index contributed by atoms with van der Waals surface area (Å²) in [6.07, 6.45) is 4.95. The molecular formula is C21H29N3. The summed E-state index contributed by atoms with van der Waals surface area (Å²) in [5.41, 5.74) is 4.26. The Balaban J connectivity index is 1.72. The van der Waals surface area contributed by atoms with Crippen molar-refractivity contribution in [3.05, 3.63) is 59.9 Å². The molecule has 2 heterocycles. The van der Waals surface area contributed by atoms with E-state index < -0.39 is 0 Å². The third kappa shape index (κ3) is 3.62. The standard InChI is InChI=1S/C21H29N3/c1-5-17(2)19-6-8-20(9-7-19)23-15-21(3,4)24(16-23)14-18-10-12-22-13-11-18/h6-13,17H,5,14-16H2,1-4H3. The lowest BCUT2D eigenvalue weighted by atomic mass is 9.98. The fourth-order valence-electron chi connectivity index (χ4n) is 3.41. The number of aromatic nitrogens is 1. The highest BCUT2D eigenvalue weighted by atomic mass is 15.4. The summed E-state index contributed by atoms with van der Waals surface area (Å²) in [6.45, 7) is 12.2. The molecule has 1 aliphatic heterocycles. The molecule has 3 rings (SSSR count). The van der Waals surface area contributed by atoms with Crippen molar-refractivity contribution >= 4 is 5.69 Å². The second kappa shape index (κ2) is 6.94. The first-order chi connectivity index (χ1) is 11.5. The third-order valence-electron chi connectivity index (χ3n) is 5.34. The average Bonchev–Trinajstić information content (AvgIpc) is 2.90. The molecule has 0 radical (unpaired) electrons. The van der Waals surface area contributed by atoms with Crippen molar-refractivity contribution < 1.29 is 0 Å². The Labute approximate surface area is 146 Å². The van der Waals surface area contributed by atoms with Crippen molar-refractivity contribution in [2.45, 2.75) is 52.1 Å². The van der Waals surface area contributed by atoms with Crippen LogP contribution in [0.2, 0.25) is 0 Å². The number of hydrogen-bond acceptors (Lipinski definition) is 3. The molecule has 1 aromatic heterocycles. The smallest absolute Gasteiger partial charge is 0.0715 e. The molecule has 24 heavy (non-hydrogen) atoms. The second-order valence-electron chi connectivity index (χ2n) is 7.61. The normalized spacial score (nSPS) is 18.8. The zero-order chi connectivity index (χ0) is 17.2. The molecule has 0 spiro atoms. The minimum absolute atomic E-state index is 0.165. The van der Waals surface area contributed by atoms with E-state index in [1.54, 1.807) is 0 Å². The predicted molar refractivity (Wildman–Crippen MR) is 101 cm³/mol. The minimum atomic E-state index is 0.165. The van der Waals surface area contributed by atoms with E-state index >= 15 is 0 Å². The van der Waals surface area contributed by atoms with Crippen LogP contribution in [-0.4, -0.2) is 28.6 Å². The first kappa shape index (κ1) is 17.0. The molecule has 128 valence electrons. The summed E-state index contributed by atoms with van der Waals surface area (Å²) in [5.74, 6) is 0.636. The Hall–Kier alpha value is -1.87. The van der Waals surface area contributed by atoms with Crippen LogP contribution >= 0.6 is 0 Å². The zero-order valence-electron chi connectivity index (χ0n) is 15.4. The van der Waals surface area contributed by atoms with Crippen LogP contribution in [0.1, 0.15) is 51.2 Å². The van der Waals surface area contributed by atoms with Gasteiger partial charge in [0.25, 0.3) is 0 Å². The van der Waals surface area contributed by atoms with Gasteiger partial charge in [-0.25, -0.2) is 0 Å². The highest BCUT2D eigenvalue weighted by Crippen LogP contribution is 2.31. The Morgan fingerprint density at radius 1 is 1.08 bits per heavy atom. The molecule has 0 saturated carbocycles. The van der Waals surface area contributed by atoms with E-state index in [0.717, 1.165) is 19.8 Å². The number of pyridine rings is 1. The first-order valence-electron chi connectivity index (χ1n) is 8.98. The van der Waals surface area contributed by atoms with Gasteiger partial charge in [0.2, 0.25) is 0 Å². The van der Waals surface area contributed by atoms with Crippen molar-refractivity contribution in [2.75, 3.05) is 18.1 Å². The van der Waals surface area contributed by atoms with Crippen molar-refractivity contribution in [3.63, 3.8) is 0 Å². The Bertz CT molecular complexity index is 649. The maximum atomic E-state index is 4.12. The molecule has 1 saturated heterocycles. The van der Waals surface area contributed by atoms with Crippen molar-refractivity contribution in [3.8, 4) is 0 Å². The van der Waals surface area contributed by atoms with Crippen LogP contribution in [0, 0.1) is 0 Å². The molecule has 3 heteroatoms. The molecule has 1 aromatic carbocycles.